The van der Waals surface area contributed by atoms with Crippen LogP contribution in [0.25, 0.3) is 0 Å². The molecule has 4 heterocycles. The Morgan fingerprint density at radius 3 is 0.706 bits per heavy atom. The summed E-state index contributed by atoms with van der Waals surface area (Å²) in [5.74, 6) is 0. The molecular formula is C10H30Si7. The minimum absolute atomic E-state index is 0.366. The molecule has 0 spiro atoms. The minimum atomic E-state index is -0.680. The van der Waals surface area contributed by atoms with Crippen LogP contribution in [0.2, 0.25) is 65.5 Å². The van der Waals surface area contributed by atoms with Crippen molar-refractivity contribution in [2.24, 2.45) is 0 Å². The molecule has 98 valence electrons. The Balaban J connectivity index is 2.16. The van der Waals surface area contributed by atoms with Crippen molar-refractivity contribution < 1.29 is 0 Å². The highest BCUT2D eigenvalue weighted by Crippen LogP contribution is 3.03. The first-order valence-electron chi connectivity index (χ1n) is 7.25. The van der Waals surface area contributed by atoms with Gasteiger partial charge in [0.25, 0.3) is 0 Å². The molecule has 0 N–H and O–H groups in total. The van der Waals surface area contributed by atoms with Crippen LogP contribution in [0.5, 0.6) is 0 Å². The van der Waals surface area contributed by atoms with Crippen molar-refractivity contribution in [2.75, 3.05) is 0 Å². The number of hydrogen-bond acceptors (Lipinski definition) is 0. The van der Waals surface area contributed by atoms with Gasteiger partial charge in [0, 0.05) is 47.8 Å². The van der Waals surface area contributed by atoms with Gasteiger partial charge in [0.05, 0.1) is 0 Å². The molecule has 0 aromatic rings. The van der Waals surface area contributed by atoms with E-state index in [2.05, 4.69) is 65.5 Å². The zero-order valence-electron chi connectivity index (χ0n) is 13.5. The Hall–Kier alpha value is 1.52. The van der Waals surface area contributed by atoms with Crippen LogP contribution in [0.4, 0.5) is 0 Å². The lowest BCUT2D eigenvalue weighted by atomic mass is 11.8. The standard InChI is InChI=1S/C10H30Si7/c1-11(2,3)15-14(10)16(15,12(4,5)6)17(14,15)13(7,8)9/h1-10H3. The lowest BCUT2D eigenvalue weighted by molar-refractivity contribution is 1.85. The lowest BCUT2D eigenvalue weighted by Gasteiger charge is -2.20. The Morgan fingerprint density at radius 1 is 0.471 bits per heavy atom. The molecule has 7 heteroatoms. The van der Waals surface area contributed by atoms with Gasteiger partial charge in [-0.25, -0.2) is 0 Å². The maximum Gasteiger partial charge on any atom is 0.0292 e. The fourth-order valence-corrected chi connectivity index (χ4v) is 828. The molecule has 0 radical (unpaired) electrons. The maximum atomic E-state index is 3.01. The molecule has 0 nitrogen and oxygen atoms in total. The van der Waals surface area contributed by atoms with Crippen molar-refractivity contribution >= 4 is 47.8 Å². The normalized spacial score (nSPS) is 55.4. The molecule has 0 aromatic carbocycles. The highest BCUT2D eigenvalue weighted by atomic mass is 31.3. The predicted molar refractivity (Wildman–Crippen MR) is 98.9 cm³/mol. The summed E-state index contributed by atoms with van der Waals surface area (Å²) < 4.78 is 0. The van der Waals surface area contributed by atoms with Gasteiger partial charge in [-0.1, -0.05) is 65.5 Å². The van der Waals surface area contributed by atoms with Crippen molar-refractivity contribution in [3.63, 3.8) is 0 Å². The summed E-state index contributed by atoms with van der Waals surface area (Å²) in [5, 5.41) is 0. The molecule has 0 saturated carbocycles. The number of rotatable bonds is 3. The summed E-state index contributed by atoms with van der Waals surface area (Å²) in [4.78, 5) is 0. The third kappa shape index (κ3) is 0.760. The van der Waals surface area contributed by atoms with E-state index in [9.17, 15) is 0 Å². The number of hydrogen-bond donors (Lipinski definition) is 0. The van der Waals surface area contributed by atoms with Crippen LogP contribution >= 0.6 is 0 Å². The topological polar surface area (TPSA) is 0 Å². The maximum absolute atomic E-state index is 3.01. The monoisotopic (exact) mass is 346 g/mol. The van der Waals surface area contributed by atoms with Crippen LogP contribution in [0.3, 0.4) is 0 Å². The summed E-state index contributed by atoms with van der Waals surface area (Å²) in [6.07, 6.45) is -1.13. The molecule has 17 heavy (non-hydrogen) atoms. The van der Waals surface area contributed by atoms with Crippen LogP contribution in [-0.2, 0) is 0 Å². The van der Waals surface area contributed by atoms with Gasteiger partial charge in [-0.2, -0.15) is 0 Å². The first-order chi connectivity index (χ1) is 7.25. The predicted octanol–water partition coefficient (Wildman–Crippen LogP) is 3.17. The molecule has 0 aromatic heterocycles. The van der Waals surface area contributed by atoms with Crippen molar-refractivity contribution in [1.29, 1.82) is 0 Å². The van der Waals surface area contributed by atoms with Gasteiger partial charge in [-0.15, -0.1) is 0 Å². The van der Waals surface area contributed by atoms with E-state index < -0.39 is 22.8 Å². The van der Waals surface area contributed by atoms with E-state index in [0.717, 1.165) is 0 Å². The Labute approximate surface area is 113 Å². The van der Waals surface area contributed by atoms with E-state index >= 15 is 0 Å². The summed E-state index contributed by atoms with van der Waals surface area (Å²) in [7, 11) is -2.04. The SMILES string of the molecule is C[Si](C)(C)[Si]12[Si]3(C)[Si]1([Si](C)(C)C)[Si]32[Si](C)(C)C. The molecule has 4 fully saturated rings. The minimum Gasteiger partial charge on any atom is -0.0764 e. The summed E-state index contributed by atoms with van der Waals surface area (Å²) >= 11 is 0. The first-order valence-corrected chi connectivity index (χ1v) is 35.2. The quantitative estimate of drug-likeness (QED) is 0.688. The van der Waals surface area contributed by atoms with Gasteiger partial charge >= 0.3 is 0 Å². The third-order valence-corrected chi connectivity index (χ3v) is 302. The van der Waals surface area contributed by atoms with Gasteiger partial charge in [0.2, 0.25) is 0 Å². The van der Waals surface area contributed by atoms with Crippen LogP contribution in [-0.4, -0.2) is 47.8 Å². The van der Waals surface area contributed by atoms with Crippen LogP contribution in [0.15, 0.2) is 0 Å². The van der Waals surface area contributed by atoms with Crippen molar-refractivity contribution in [2.45, 2.75) is 65.5 Å². The molecular weight excluding hydrogens is 317 g/mol. The van der Waals surface area contributed by atoms with Crippen molar-refractivity contribution in [3.8, 4) is 0 Å². The average Bonchev–Trinajstić information content (AvgIpc) is 2.75. The second kappa shape index (κ2) is 2.52. The summed E-state index contributed by atoms with van der Waals surface area (Å²) in [6.45, 7) is 28.0. The van der Waals surface area contributed by atoms with E-state index in [0.29, 0.717) is 0 Å². The molecule has 0 bridgehead atoms. The van der Waals surface area contributed by atoms with E-state index in [1.807, 2.05) is 0 Å². The van der Waals surface area contributed by atoms with Gasteiger partial charge in [0.1, 0.15) is 0 Å². The van der Waals surface area contributed by atoms with Crippen molar-refractivity contribution in [1.82, 2.24) is 0 Å². The van der Waals surface area contributed by atoms with Gasteiger partial charge in [0.15, 0.2) is 0 Å². The molecule has 4 saturated heterocycles. The van der Waals surface area contributed by atoms with E-state index in [4.69, 9.17) is 0 Å². The second-order valence-corrected chi connectivity index (χ2v) is 111. The van der Waals surface area contributed by atoms with Gasteiger partial charge in [-0.3, -0.25) is 0 Å². The fraction of sp³-hybridized carbons (Fsp3) is 1.00. The largest absolute Gasteiger partial charge is 0.0764 e. The fourth-order valence-electron chi connectivity index (χ4n) is 8.16. The first kappa shape index (κ1) is 13.5. The van der Waals surface area contributed by atoms with Crippen LogP contribution < -0.4 is 0 Å². The second-order valence-electron chi connectivity index (χ2n) is 10.1. The van der Waals surface area contributed by atoms with E-state index in [1.54, 1.807) is 0 Å². The van der Waals surface area contributed by atoms with Crippen molar-refractivity contribution in [3.05, 3.63) is 0 Å². The molecule has 4 aliphatic heterocycles. The van der Waals surface area contributed by atoms with E-state index in [-0.39, 0.29) is 25.1 Å². The summed E-state index contributed by atoms with van der Waals surface area (Å²) in [6, 6.07) is 0. The molecule has 0 amide bonds. The van der Waals surface area contributed by atoms with Gasteiger partial charge < -0.3 is 0 Å². The zero-order chi connectivity index (χ0) is 13.5. The molecule has 0 atom stereocenters. The Kier molecular flexibility index (Phi) is 2.00. The Bertz CT molecular complexity index is 362. The van der Waals surface area contributed by atoms with E-state index in [1.165, 1.54) is 0 Å². The highest BCUT2D eigenvalue weighted by molar-refractivity contribution is 9.06. The third-order valence-electron chi connectivity index (χ3n) is 7.06. The van der Waals surface area contributed by atoms with Crippen LogP contribution in [0, 0.1) is 0 Å². The van der Waals surface area contributed by atoms with Crippen LogP contribution in [0.1, 0.15) is 0 Å². The molecule has 4 aliphatic rings. The molecule has 0 unspecified atom stereocenters. The van der Waals surface area contributed by atoms with Gasteiger partial charge in [-0.05, 0) is 0 Å². The summed E-state index contributed by atoms with van der Waals surface area (Å²) in [5.41, 5.74) is 0. The zero-order valence-corrected chi connectivity index (χ0v) is 20.5. The average molecular weight is 347 g/mol. The smallest absolute Gasteiger partial charge is 0.0292 e. The Morgan fingerprint density at radius 2 is 0.647 bits per heavy atom. The highest BCUT2D eigenvalue weighted by Gasteiger charge is 3.39. The lowest BCUT2D eigenvalue weighted by Crippen LogP contribution is -2.45. The molecule has 0 aliphatic carbocycles. The molecule has 4 rings (SSSR count).